The van der Waals surface area contributed by atoms with Crippen molar-refractivity contribution in [3.8, 4) is 5.75 Å². The molecule has 0 atom stereocenters. The van der Waals surface area contributed by atoms with E-state index < -0.39 is 0 Å². The second kappa shape index (κ2) is 7.86. The Bertz CT molecular complexity index is 652. The van der Waals surface area contributed by atoms with E-state index in [4.69, 9.17) is 16.3 Å². The number of nitrogens with zero attached hydrogens (tertiary/aromatic N) is 3. The number of rotatable bonds is 5. The van der Waals surface area contributed by atoms with Crippen LogP contribution >= 0.6 is 11.6 Å². The molecular weight excluding hydrogens is 322 g/mol. The molecule has 4 nitrogen and oxygen atoms in total. The Morgan fingerprint density at radius 3 is 2.50 bits per heavy atom. The van der Waals surface area contributed by atoms with Gasteiger partial charge in [-0.05, 0) is 37.6 Å². The zero-order valence-corrected chi connectivity index (χ0v) is 15.0. The summed E-state index contributed by atoms with van der Waals surface area (Å²) in [6.07, 6.45) is 2.05. The van der Waals surface area contributed by atoms with Crippen LogP contribution in [0.4, 0.5) is 5.69 Å². The quantitative estimate of drug-likeness (QED) is 0.770. The van der Waals surface area contributed by atoms with E-state index in [0.29, 0.717) is 5.15 Å². The lowest BCUT2D eigenvalue weighted by Gasteiger charge is -2.36. The largest absolute Gasteiger partial charge is 0.489 e. The molecule has 0 spiro atoms. The zero-order valence-electron chi connectivity index (χ0n) is 14.3. The predicted molar refractivity (Wildman–Crippen MR) is 98.9 cm³/mol. The van der Waals surface area contributed by atoms with Crippen molar-refractivity contribution in [3.05, 3.63) is 53.3 Å². The lowest BCUT2D eigenvalue weighted by atomic mass is 10.2. The Kier molecular flexibility index (Phi) is 5.59. The van der Waals surface area contributed by atoms with Crippen LogP contribution in [0.1, 0.15) is 19.4 Å². The molecule has 1 aromatic carbocycles. The minimum absolute atomic E-state index is 0.185. The van der Waals surface area contributed by atoms with Crippen LogP contribution in [0, 0.1) is 0 Å². The standard InChI is InChI=1S/C19H24ClN3O/c1-15(2)24-18-6-4-3-5-17(18)23-11-9-22(10-12-23)14-16-7-8-19(20)21-13-16/h3-8,13,15H,9-12,14H2,1-2H3. The summed E-state index contributed by atoms with van der Waals surface area (Å²) in [5, 5.41) is 0.547. The summed E-state index contributed by atoms with van der Waals surface area (Å²) in [5.74, 6) is 0.975. The molecule has 1 aliphatic heterocycles. The van der Waals surface area contributed by atoms with Crippen molar-refractivity contribution in [2.24, 2.45) is 0 Å². The third-order valence-corrected chi connectivity index (χ3v) is 4.36. The molecule has 0 N–H and O–H groups in total. The average Bonchev–Trinajstić information content (AvgIpc) is 2.58. The predicted octanol–water partition coefficient (Wildman–Crippen LogP) is 3.84. The first-order valence-electron chi connectivity index (χ1n) is 8.45. The van der Waals surface area contributed by atoms with E-state index in [1.807, 2.05) is 24.4 Å². The van der Waals surface area contributed by atoms with E-state index in [1.54, 1.807) is 0 Å². The molecule has 0 bridgehead atoms. The number of anilines is 1. The summed E-state index contributed by atoms with van der Waals surface area (Å²) in [5.41, 5.74) is 2.40. The van der Waals surface area contributed by atoms with Crippen molar-refractivity contribution < 1.29 is 4.74 Å². The molecule has 0 radical (unpaired) electrons. The van der Waals surface area contributed by atoms with E-state index in [-0.39, 0.29) is 6.10 Å². The number of hydrogen-bond donors (Lipinski definition) is 0. The van der Waals surface area contributed by atoms with Gasteiger partial charge in [0.2, 0.25) is 0 Å². The Balaban J connectivity index is 1.60. The van der Waals surface area contributed by atoms with Crippen LogP contribution in [-0.2, 0) is 6.54 Å². The van der Waals surface area contributed by atoms with Crippen molar-refractivity contribution in [2.45, 2.75) is 26.5 Å². The molecule has 0 aliphatic carbocycles. The molecule has 3 rings (SSSR count). The van der Waals surface area contributed by atoms with E-state index in [0.717, 1.165) is 38.5 Å². The summed E-state index contributed by atoms with van der Waals surface area (Å²) >= 11 is 5.85. The number of hydrogen-bond acceptors (Lipinski definition) is 4. The molecule has 5 heteroatoms. The maximum atomic E-state index is 5.96. The molecule has 0 unspecified atom stereocenters. The van der Waals surface area contributed by atoms with Crippen LogP contribution in [-0.4, -0.2) is 42.2 Å². The van der Waals surface area contributed by atoms with Gasteiger partial charge >= 0.3 is 0 Å². The Labute approximate surface area is 149 Å². The van der Waals surface area contributed by atoms with Crippen LogP contribution < -0.4 is 9.64 Å². The van der Waals surface area contributed by atoms with Crippen LogP contribution in [0.15, 0.2) is 42.6 Å². The van der Waals surface area contributed by atoms with Gasteiger partial charge in [0.15, 0.2) is 0 Å². The molecule has 0 saturated carbocycles. The third kappa shape index (κ3) is 4.40. The van der Waals surface area contributed by atoms with Gasteiger partial charge in [0.25, 0.3) is 0 Å². The number of halogens is 1. The van der Waals surface area contributed by atoms with Crippen molar-refractivity contribution >= 4 is 17.3 Å². The van der Waals surface area contributed by atoms with Gasteiger partial charge in [0.1, 0.15) is 10.9 Å². The third-order valence-electron chi connectivity index (χ3n) is 4.14. The number of pyridine rings is 1. The number of ether oxygens (including phenoxy) is 1. The summed E-state index contributed by atoms with van der Waals surface area (Å²) in [6.45, 7) is 9.10. The van der Waals surface area contributed by atoms with Crippen molar-refractivity contribution in [1.82, 2.24) is 9.88 Å². The first kappa shape index (κ1) is 17.1. The lowest BCUT2D eigenvalue weighted by Crippen LogP contribution is -2.46. The highest BCUT2D eigenvalue weighted by molar-refractivity contribution is 6.29. The van der Waals surface area contributed by atoms with Crippen molar-refractivity contribution in [2.75, 3.05) is 31.1 Å². The van der Waals surface area contributed by atoms with Crippen molar-refractivity contribution in [3.63, 3.8) is 0 Å². The van der Waals surface area contributed by atoms with E-state index in [9.17, 15) is 0 Å². The maximum Gasteiger partial charge on any atom is 0.142 e. The molecule has 1 fully saturated rings. The number of para-hydroxylation sites is 2. The number of aromatic nitrogens is 1. The fourth-order valence-corrected chi connectivity index (χ4v) is 3.09. The van der Waals surface area contributed by atoms with Gasteiger partial charge in [-0.3, -0.25) is 4.90 Å². The SMILES string of the molecule is CC(C)Oc1ccccc1N1CCN(Cc2ccc(Cl)nc2)CC1. The van der Waals surface area contributed by atoms with Gasteiger partial charge in [-0.1, -0.05) is 29.8 Å². The highest BCUT2D eigenvalue weighted by Gasteiger charge is 2.20. The Morgan fingerprint density at radius 1 is 1.08 bits per heavy atom. The minimum atomic E-state index is 0.185. The molecular formula is C19H24ClN3O. The highest BCUT2D eigenvalue weighted by Crippen LogP contribution is 2.29. The van der Waals surface area contributed by atoms with E-state index in [1.165, 1.54) is 11.3 Å². The number of piperazine rings is 1. The summed E-state index contributed by atoms with van der Waals surface area (Å²) in [6, 6.07) is 12.2. The van der Waals surface area contributed by atoms with Crippen LogP contribution in [0.2, 0.25) is 5.15 Å². The van der Waals surface area contributed by atoms with Gasteiger partial charge in [-0.2, -0.15) is 0 Å². The van der Waals surface area contributed by atoms with Crippen LogP contribution in [0.3, 0.4) is 0 Å². The lowest BCUT2D eigenvalue weighted by molar-refractivity contribution is 0.235. The number of benzene rings is 1. The second-order valence-electron chi connectivity index (χ2n) is 6.39. The van der Waals surface area contributed by atoms with Gasteiger partial charge < -0.3 is 9.64 Å². The normalized spacial score (nSPS) is 15.8. The molecule has 2 aromatic rings. The average molecular weight is 346 g/mol. The molecule has 1 aliphatic rings. The fourth-order valence-electron chi connectivity index (χ4n) is 2.98. The minimum Gasteiger partial charge on any atom is -0.489 e. The van der Waals surface area contributed by atoms with Gasteiger partial charge in [-0.15, -0.1) is 0 Å². The second-order valence-corrected chi connectivity index (χ2v) is 6.77. The smallest absolute Gasteiger partial charge is 0.142 e. The van der Waals surface area contributed by atoms with Gasteiger partial charge in [-0.25, -0.2) is 4.98 Å². The van der Waals surface area contributed by atoms with Crippen LogP contribution in [0.5, 0.6) is 5.75 Å². The first-order valence-corrected chi connectivity index (χ1v) is 8.83. The Morgan fingerprint density at radius 2 is 1.83 bits per heavy atom. The highest BCUT2D eigenvalue weighted by atomic mass is 35.5. The topological polar surface area (TPSA) is 28.6 Å². The maximum absolute atomic E-state index is 5.96. The van der Waals surface area contributed by atoms with Gasteiger partial charge in [0.05, 0.1) is 11.8 Å². The monoisotopic (exact) mass is 345 g/mol. The van der Waals surface area contributed by atoms with Crippen molar-refractivity contribution in [1.29, 1.82) is 0 Å². The van der Waals surface area contributed by atoms with E-state index in [2.05, 4.69) is 46.8 Å². The van der Waals surface area contributed by atoms with Gasteiger partial charge in [0, 0.05) is 38.9 Å². The van der Waals surface area contributed by atoms with Crippen LogP contribution in [0.25, 0.3) is 0 Å². The molecule has 1 aromatic heterocycles. The first-order chi connectivity index (χ1) is 11.6. The molecule has 2 heterocycles. The molecule has 0 amide bonds. The Hall–Kier alpha value is -1.78. The molecule has 24 heavy (non-hydrogen) atoms. The summed E-state index contributed by atoms with van der Waals surface area (Å²) < 4.78 is 5.96. The fraction of sp³-hybridized carbons (Fsp3) is 0.421. The van der Waals surface area contributed by atoms with E-state index >= 15 is 0 Å². The molecule has 1 saturated heterocycles. The zero-order chi connectivity index (χ0) is 16.9. The summed E-state index contributed by atoms with van der Waals surface area (Å²) in [7, 11) is 0. The molecule has 128 valence electrons. The summed E-state index contributed by atoms with van der Waals surface area (Å²) in [4.78, 5) is 9.02.